The number of carbonyl (C=O) groups excluding carboxylic acids is 1. The summed E-state index contributed by atoms with van der Waals surface area (Å²) in [6.07, 6.45) is 5.30. The second kappa shape index (κ2) is 10.5. The van der Waals surface area contributed by atoms with Gasteiger partial charge in [-0.05, 0) is 24.3 Å². The molecule has 0 spiro atoms. The second-order valence-corrected chi connectivity index (χ2v) is 7.30. The van der Waals surface area contributed by atoms with Gasteiger partial charge in [-0.25, -0.2) is 9.78 Å². The predicted molar refractivity (Wildman–Crippen MR) is 125 cm³/mol. The van der Waals surface area contributed by atoms with E-state index in [2.05, 4.69) is 4.98 Å². The maximum Gasteiger partial charge on any atom is 0.343 e. The summed E-state index contributed by atoms with van der Waals surface area (Å²) in [5, 5.41) is 0.567. The van der Waals surface area contributed by atoms with E-state index in [1.807, 2.05) is 65.4 Å². The standard InChI is InChI=1S/C26H21ClN2O3/c27-22-13-7-8-14-23(22)31-18-17-29-16-15-28-25(29)19-24(20-9-3-1-4-10-20)32-26(30)21-11-5-2-6-12-21/h1-16,19H,17-18H2/b24-19+. The highest BCUT2D eigenvalue weighted by molar-refractivity contribution is 6.32. The highest BCUT2D eigenvalue weighted by Gasteiger charge is 2.13. The normalized spacial score (nSPS) is 11.2. The van der Waals surface area contributed by atoms with Crippen LogP contribution in [0.2, 0.25) is 5.02 Å². The van der Waals surface area contributed by atoms with Gasteiger partial charge in [-0.3, -0.25) is 0 Å². The minimum atomic E-state index is -0.430. The molecular formula is C26H21ClN2O3. The zero-order chi connectivity index (χ0) is 22.2. The van der Waals surface area contributed by atoms with Crippen LogP contribution in [-0.2, 0) is 11.3 Å². The molecular weight excluding hydrogens is 424 g/mol. The largest absolute Gasteiger partial charge is 0.490 e. The van der Waals surface area contributed by atoms with Crippen molar-refractivity contribution in [1.82, 2.24) is 9.55 Å². The van der Waals surface area contributed by atoms with Crippen molar-refractivity contribution in [3.63, 3.8) is 0 Å². The van der Waals surface area contributed by atoms with Gasteiger partial charge < -0.3 is 14.0 Å². The molecule has 0 unspecified atom stereocenters. The van der Waals surface area contributed by atoms with Crippen molar-refractivity contribution in [3.05, 3.63) is 119 Å². The molecule has 0 saturated carbocycles. The van der Waals surface area contributed by atoms with Gasteiger partial charge in [0.15, 0.2) is 0 Å². The summed E-state index contributed by atoms with van der Waals surface area (Å²) in [5.41, 5.74) is 1.25. The van der Waals surface area contributed by atoms with Crippen LogP contribution in [-0.4, -0.2) is 22.1 Å². The van der Waals surface area contributed by atoms with Gasteiger partial charge in [0.25, 0.3) is 0 Å². The summed E-state index contributed by atoms with van der Waals surface area (Å²) in [4.78, 5) is 17.1. The van der Waals surface area contributed by atoms with Crippen molar-refractivity contribution in [3.8, 4) is 5.75 Å². The Balaban J connectivity index is 1.54. The van der Waals surface area contributed by atoms with Crippen LogP contribution in [0.15, 0.2) is 97.3 Å². The first kappa shape index (κ1) is 21.4. The minimum Gasteiger partial charge on any atom is -0.490 e. The first-order valence-corrected chi connectivity index (χ1v) is 10.5. The van der Waals surface area contributed by atoms with Crippen molar-refractivity contribution in [2.75, 3.05) is 6.61 Å². The quantitative estimate of drug-likeness (QED) is 0.248. The zero-order valence-electron chi connectivity index (χ0n) is 17.2. The molecule has 0 N–H and O–H groups in total. The number of hydrogen-bond donors (Lipinski definition) is 0. The van der Waals surface area contributed by atoms with Crippen molar-refractivity contribution >= 4 is 29.4 Å². The molecule has 160 valence electrons. The number of para-hydroxylation sites is 1. The summed E-state index contributed by atoms with van der Waals surface area (Å²) in [6.45, 7) is 0.956. The van der Waals surface area contributed by atoms with Crippen LogP contribution < -0.4 is 4.74 Å². The Morgan fingerprint density at radius 1 is 0.906 bits per heavy atom. The van der Waals surface area contributed by atoms with Gasteiger partial charge in [-0.1, -0.05) is 72.3 Å². The molecule has 32 heavy (non-hydrogen) atoms. The fraction of sp³-hybridized carbons (Fsp3) is 0.0769. The fourth-order valence-electron chi connectivity index (χ4n) is 3.09. The first-order chi connectivity index (χ1) is 15.7. The maximum atomic E-state index is 12.7. The molecule has 5 nitrogen and oxygen atoms in total. The average Bonchev–Trinajstić information content (AvgIpc) is 3.28. The van der Waals surface area contributed by atoms with Gasteiger partial charge in [-0.15, -0.1) is 0 Å². The molecule has 4 rings (SSSR count). The number of esters is 1. The van der Waals surface area contributed by atoms with E-state index in [0.29, 0.717) is 41.1 Å². The fourth-order valence-corrected chi connectivity index (χ4v) is 3.28. The predicted octanol–water partition coefficient (Wildman–Crippen LogP) is 5.97. The van der Waals surface area contributed by atoms with Crippen molar-refractivity contribution in [2.24, 2.45) is 0 Å². The van der Waals surface area contributed by atoms with Crippen molar-refractivity contribution in [2.45, 2.75) is 6.54 Å². The van der Waals surface area contributed by atoms with Gasteiger partial charge in [0.2, 0.25) is 0 Å². The molecule has 1 aromatic heterocycles. The molecule has 0 saturated heterocycles. The number of benzene rings is 3. The van der Waals surface area contributed by atoms with Crippen LogP contribution in [0, 0.1) is 0 Å². The van der Waals surface area contributed by atoms with Crippen molar-refractivity contribution < 1.29 is 14.3 Å². The highest BCUT2D eigenvalue weighted by Crippen LogP contribution is 2.24. The SMILES string of the molecule is O=C(O/C(=C/c1nccn1CCOc1ccccc1Cl)c1ccccc1)c1ccccc1. The molecule has 0 atom stereocenters. The average molecular weight is 445 g/mol. The zero-order valence-corrected chi connectivity index (χ0v) is 18.0. The van der Waals surface area contributed by atoms with Gasteiger partial charge in [-0.2, -0.15) is 0 Å². The molecule has 0 amide bonds. The van der Waals surface area contributed by atoms with Crippen molar-refractivity contribution in [1.29, 1.82) is 0 Å². The smallest absolute Gasteiger partial charge is 0.343 e. The lowest BCUT2D eigenvalue weighted by atomic mass is 10.1. The van der Waals surface area contributed by atoms with E-state index in [4.69, 9.17) is 21.1 Å². The molecule has 0 aliphatic heterocycles. The number of halogens is 1. The topological polar surface area (TPSA) is 53.3 Å². The number of aromatic nitrogens is 2. The van der Waals surface area contributed by atoms with E-state index in [1.54, 1.807) is 42.6 Å². The molecule has 0 bridgehead atoms. The number of nitrogens with zero attached hydrogens (tertiary/aromatic N) is 2. The molecule has 1 heterocycles. The molecule has 3 aromatic carbocycles. The Labute approximate surface area is 191 Å². The summed E-state index contributed by atoms with van der Waals surface area (Å²) < 4.78 is 13.5. The third-order valence-corrected chi connectivity index (χ3v) is 5.02. The minimum absolute atomic E-state index is 0.408. The maximum absolute atomic E-state index is 12.7. The van der Waals surface area contributed by atoms with Crippen LogP contribution in [0.4, 0.5) is 0 Å². The number of imidazole rings is 1. The Kier molecular flexibility index (Phi) is 7.00. The van der Waals surface area contributed by atoms with E-state index in [9.17, 15) is 4.79 Å². The molecule has 4 aromatic rings. The van der Waals surface area contributed by atoms with E-state index in [0.717, 1.165) is 5.56 Å². The monoisotopic (exact) mass is 444 g/mol. The number of hydrogen-bond acceptors (Lipinski definition) is 4. The van der Waals surface area contributed by atoms with Crippen LogP contribution in [0.1, 0.15) is 21.7 Å². The summed E-state index contributed by atoms with van der Waals surface area (Å²) in [7, 11) is 0. The van der Waals surface area contributed by atoms with E-state index < -0.39 is 5.97 Å². The second-order valence-electron chi connectivity index (χ2n) is 6.89. The van der Waals surface area contributed by atoms with Crippen LogP contribution in [0.25, 0.3) is 11.8 Å². The van der Waals surface area contributed by atoms with Crippen LogP contribution in [0.3, 0.4) is 0 Å². The lowest BCUT2D eigenvalue weighted by molar-refractivity contribution is 0.0693. The molecule has 0 aliphatic carbocycles. The third kappa shape index (κ3) is 5.45. The number of carbonyl (C=O) groups is 1. The lowest BCUT2D eigenvalue weighted by Crippen LogP contribution is -2.10. The highest BCUT2D eigenvalue weighted by atomic mass is 35.5. The van der Waals surface area contributed by atoms with Crippen LogP contribution >= 0.6 is 11.6 Å². The Bertz CT molecular complexity index is 1200. The number of ether oxygens (including phenoxy) is 2. The summed E-state index contributed by atoms with van der Waals surface area (Å²) >= 11 is 6.15. The first-order valence-electron chi connectivity index (χ1n) is 10.1. The molecule has 6 heteroatoms. The summed E-state index contributed by atoms with van der Waals surface area (Å²) in [6, 6.07) is 25.7. The van der Waals surface area contributed by atoms with E-state index >= 15 is 0 Å². The van der Waals surface area contributed by atoms with E-state index in [-0.39, 0.29) is 0 Å². The Morgan fingerprint density at radius 2 is 1.56 bits per heavy atom. The Hall–Kier alpha value is -3.83. The van der Waals surface area contributed by atoms with Gasteiger partial charge >= 0.3 is 5.97 Å². The van der Waals surface area contributed by atoms with Gasteiger partial charge in [0, 0.05) is 24.0 Å². The molecule has 0 radical (unpaired) electrons. The number of rotatable bonds is 8. The third-order valence-electron chi connectivity index (χ3n) is 4.70. The molecule has 0 fully saturated rings. The van der Waals surface area contributed by atoms with E-state index in [1.165, 1.54) is 0 Å². The molecule has 0 aliphatic rings. The van der Waals surface area contributed by atoms with Gasteiger partial charge in [0.1, 0.15) is 23.9 Å². The lowest BCUT2D eigenvalue weighted by Gasteiger charge is -2.12. The van der Waals surface area contributed by atoms with Gasteiger partial charge in [0.05, 0.1) is 17.1 Å². The summed E-state index contributed by atoms with van der Waals surface area (Å²) in [5.74, 6) is 1.26. The van der Waals surface area contributed by atoms with Crippen LogP contribution in [0.5, 0.6) is 5.75 Å². The Morgan fingerprint density at radius 3 is 2.28 bits per heavy atom.